The Bertz CT molecular complexity index is 838. The molecule has 0 N–H and O–H groups in total. The van der Waals surface area contributed by atoms with Crippen molar-refractivity contribution in [1.29, 1.82) is 0 Å². The lowest BCUT2D eigenvalue weighted by atomic mass is 9.96. The number of rotatable bonds is 3. The molecule has 1 aromatic heterocycles. The minimum absolute atomic E-state index is 0.158. The highest BCUT2D eigenvalue weighted by molar-refractivity contribution is 6.06. The number of benzene rings is 1. The van der Waals surface area contributed by atoms with Crippen LogP contribution in [0.25, 0.3) is 0 Å². The topological polar surface area (TPSA) is 36.4 Å². The van der Waals surface area contributed by atoms with Crippen LogP contribution in [-0.2, 0) is 6.42 Å². The second-order valence-corrected chi connectivity index (χ2v) is 7.49. The molecule has 4 nitrogen and oxygen atoms in total. The predicted octanol–water partition coefficient (Wildman–Crippen LogP) is 4.58. The molecule has 0 spiro atoms. The number of anilines is 2. The summed E-state index contributed by atoms with van der Waals surface area (Å²) in [7, 11) is 0. The smallest absolute Gasteiger partial charge is 0.258 e. The number of nitrogens with zero attached hydrogens (tertiary/aromatic N) is 3. The van der Waals surface area contributed by atoms with Crippen LogP contribution < -0.4 is 9.80 Å². The summed E-state index contributed by atoms with van der Waals surface area (Å²) in [5.41, 5.74) is 3.78. The maximum atomic E-state index is 13.4. The molecular formula is C22H26FN3O. The molecule has 0 radical (unpaired) electrons. The molecule has 4 rings (SSSR count). The number of pyridine rings is 1. The first kappa shape index (κ1) is 18.0. The standard InChI is InChI=1S/C22H26FN3O/c1-2-18-7-3-4-12-25(18)19-8-9-20-16(14-19)6-5-13-26(20)22(27)17-10-11-24-21(23)15-17/h8-11,14-15,18H,2-7,12-13H2,1H3/t18-/m1/s1. The number of amides is 1. The van der Waals surface area contributed by atoms with E-state index in [0.717, 1.165) is 31.5 Å². The monoisotopic (exact) mass is 367 g/mol. The van der Waals surface area contributed by atoms with Crippen LogP contribution in [0.2, 0.25) is 0 Å². The second kappa shape index (κ2) is 7.67. The largest absolute Gasteiger partial charge is 0.369 e. The van der Waals surface area contributed by atoms with Crippen LogP contribution in [-0.4, -0.2) is 30.0 Å². The molecule has 1 amide bonds. The van der Waals surface area contributed by atoms with E-state index in [9.17, 15) is 9.18 Å². The van der Waals surface area contributed by atoms with Crippen molar-refractivity contribution in [3.63, 3.8) is 0 Å². The van der Waals surface area contributed by atoms with Gasteiger partial charge in [-0.05, 0) is 68.4 Å². The fourth-order valence-corrected chi connectivity index (χ4v) is 4.43. The van der Waals surface area contributed by atoms with Crippen molar-refractivity contribution in [3.8, 4) is 0 Å². The van der Waals surface area contributed by atoms with Crippen LogP contribution in [0.4, 0.5) is 15.8 Å². The third-order valence-corrected chi connectivity index (χ3v) is 5.83. The summed E-state index contributed by atoms with van der Waals surface area (Å²) >= 11 is 0. The number of carbonyl (C=O) groups excluding carboxylic acids is 1. The van der Waals surface area contributed by atoms with Gasteiger partial charge >= 0.3 is 0 Å². The summed E-state index contributed by atoms with van der Waals surface area (Å²) in [5.74, 6) is -0.779. The number of halogens is 1. The van der Waals surface area contributed by atoms with E-state index < -0.39 is 5.95 Å². The molecule has 2 aliphatic heterocycles. The van der Waals surface area contributed by atoms with Crippen molar-refractivity contribution < 1.29 is 9.18 Å². The summed E-state index contributed by atoms with van der Waals surface area (Å²) in [6.07, 6.45) is 8.21. The van der Waals surface area contributed by atoms with Crippen molar-refractivity contribution in [2.45, 2.75) is 51.5 Å². The zero-order chi connectivity index (χ0) is 18.8. The Kier molecular flexibility index (Phi) is 5.10. The molecule has 142 valence electrons. The number of piperidine rings is 1. The molecule has 27 heavy (non-hydrogen) atoms. The molecule has 1 fully saturated rings. The molecule has 1 saturated heterocycles. The number of fused-ring (bicyclic) bond motifs is 1. The first-order chi connectivity index (χ1) is 13.2. The van der Waals surface area contributed by atoms with E-state index >= 15 is 0 Å². The second-order valence-electron chi connectivity index (χ2n) is 7.49. The van der Waals surface area contributed by atoms with Gasteiger partial charge in [-0.15, -0.1) is 0 Å². The van der Waals surface area contributed by atoms with Crippen LogP contribution in [0.15, 0.2) is 36.5 Å². The molecule has 0 unspecified atom stereocenters. The fourth-order valence-electron chi connectivity index (χ4n) is 4.43. The molecule has 0 bridgehead atoms. The lowest BCUT2D eigenvalue weighted by molar-refractivity contribution is 0.0984. The lowest BCUT2D eigenvalue weighted by Crippen LogP contribution is -2.39. The zero-order valence-corrected chi connectivity index (χ0v) is 15.8. The van der Waals surface area contributed by atoms with Crippen molar-refractivity contribution in [3.05, 3.63) is 53.6 Å². The predicted molar refractivity (Wildman–Crippen MR) is 106 cm³/mol. The quantitative estimate of drug-likeness (QED) is 0.745. The molecule has 0 saturated carbocycles. The maximum absolute atomic E-state index is 13.4. The van der Waals surface area contributed by atoms with Gasteiger partial charge < -0.3 is 9.80 Å². The van der Waals surface area contributed by atoms with Crippen LogP contribution >= 0.6 is 0 Å². The lowest BCUT2D eigenvalue weighted by Gasteiger charge is -2.38. The highest BCUT2D eigenvalue weighted by atomic mass is 19.1. The van der Waals surface area contributed by atoms with Crippen molar-refractivity contribution in [1.82, 2.24) is 4.98 Å². The Morgan fingerprint density at radius 2 is 2.07 bits per heavy atom. The van der Waals surface area contributed by atoms with Crippen molar-refractivity contribution >= 4 is 17.3 Å². The minimum atomic E-state index is -0.621. The Morgan fingerprint density at radius 3 is 2.89 bits per heavy atom. The van der Waals surface area contributed by atoms with Gasteiger partial charge in [0.2, 0.25) is 5.95 Å². The Hall–Kier alpha value is -2.43. The molecule has 1 atom stereocenters. The van der Waals surface area contributed by atoms with Gasteiger partial charge in [0, 0.05) is 48.3 Å². The van der Waals surface area contributed by atoms with E-state index in [1.807, 2.05) is 0 Å². The molecule has 2 aliphatic rings. The molecule has 5 heteroatoms. The third kappa shape index (κ3) is 3.55. The van der Waals surface area contributed by atoms with Crippen LogP contribution in [0.1, 0.15) is 54.9 Å². The van der Waals surface area contributed by atoms with E-state index in [2.05, 4.69) is 35.0 Å². The van der Waals surface area contributed by atoms with Gasteiger partial charge in [0.25, 0.3) is 5.91 Å². The van der Waals surface area contributed by atoms with Gasteiger partial charge in [0.05, 0.1) is 0 Å². The third-order valence-electron chi connectivity index (χ3n) is 5.83. The molecular weight excluding hydrogens is 341 g/mol. The van der Waals surface area contributed by atoms with Crippen LogP contribution in [0, 0.1) is 5.95 Å². The number of aromatic nitrogens is 1. The Morgan fingerprint density at radius 1 is 1.19 bits per heavy atom. The van der Waals surface area contributed by atoms with Crippen LogP contribution in [0.5, 0.6) is 0 Å². The molecule has 1 aromatic carbocycles. The number of aryl methyl sites for hydroxylation is 1. The van der Waals surface area contributed by atoms with Gasteiger partial charge in [0.15, 0.2) is 0 Å². The zero-order valence-electron chi connectivity index (χ0n) is 15.8. The summed E-state index contributed by atoms with van der Waals surface area (Å²) < 4.78 is 13.4. The van der Waals surface area contributed by atoms with E-state index in [-0.39, 0.29) is 5.91 Å². The van der Waals surface area contributed by atoms with E-state index in [1.165, 1.54) is 42.8 Å². The summed E-state index contributed by atoms with van der Waals surface area (Å²) in [6.45, 7) is 4.03. The van der Waals surface area contributed by atoms with Gasteiger partial charge in [-0.3, -0.25) is 4.79 Å². The fraction of sp³-hybridized carbons (Fsp3) is 0.455. The maximum Gasteiger partial charge on any atom is 0.258 e. The number of carbonyl (C=O) groups is 1. The van der Waals surface area contributed by atoms with Crippen molar-refractivity contribution in [2.24, 2.45) is 0 Å². The van der Waals surface area contributed by atoms with Gasteiger partial charge in [-0.25, -0.2) is 4.98 Å². The van der Waals surface area contributed by atoms with Gasteiger partial charge in [-0.1, -0.05) is 6.92 Å². The van der Waals surface area contributed by atoms with E-state index in [1.54, 1.807) is 11.0 Å². The molecule has 3 heterocycles. The van der Waals surface area contributed by atoms with Gasteiger partial charge in [-0.2, -0.15) is 4.39 Å². The summed E-state index contributed by atoms with van der Waals surface area (Å²) in [5, 5.41) is 0. The van der Waals surface area contributed by atoms with Crippen LogP contribution in [0.3, 0.4) is 0 Å². The summed E-state index contributed by atoms with van der Waals surface area (Å²) in [4.78, 5) is 20.8. The first-order valence-electron chi connectivity index (χ1n) is 10.0. The highest BCUT2D eigenvalue weighted by Gasteiger charge is 2.26. The number of hydrogen-bond acceptors (Lipinski definition) is 3. The normalized spacial score (nSPS) is 19.7. The highest BCUT2D eigenvalue weighted by Crippen LogP contribution is 2.34. The Balaban J connectivity index is 1.63. The minimum Gasteiger partial charge on any atom is -0.369 e. The molecule has 0 aliphatic carbocycles. The summed E-state index contributed by atoms with van der Waals surface area (Å²) in [6, 6.07) is 9.87. The number of hydrogen-bond donors (Lipinski definition) is 0. The van der Waals surface area contributed by atoms with Crippen molar-refractivity contribution in [2.75, 3.05) is 22.9 Å². The first-order valence-corrected chi connectivity index (χ1v) is 10.0. The SMILES string of the molecule is CC[C@@H]1CCCCN1c1ccc2c(c1)CCCN2C(=O)c1ccnc(F)c1. The average Bonchev–Trinajstić information content (AvgIpc) is 2.72. The van der Waals surface area contributed by atoms with E-state index in [0.29, 0.717) is 18.2 Å². The van der Waals surface area contributed by atoms with E-state index in [4.69, 9.17) is 0 Å². The Labute approximate surface area is 160 Å². The average molecular weight is 367 g/mol. The molecule has 2 aromatic rings. The van der Waals surface area contributed by atoms with Gasteiger partial charge in [0.1, 0.15) is 0 Å².